The third kappa shape index (κ3) is 2.22. The van der Waals surface area contributed by atoms with Gasteiger partial charge in [-0.3, -0.25) is 4.90 Å². The topological polar surface area (TPSA) is 43.7 Å². The van der Waals surface area contributed by atoms with Gasteiger partial charge in [0, 0.05) is 36.2 Å². The molecule has 2 aliphatic rings. The van der Waals surface area contributed by atoms with E-state index in [0.29, 0.717) is 19.0 Å². The van der Waals surface area contributed by atoms with Crippen LogP contribution in [0.15, 0.2) is 29.2 Å². The second-order valence-corrected chi connectivity index (χ2v) is 5.96. The minimum Gasteiger partial charge on any atom is -0.389 e. The van der Waals surface area contributed by atoms with Crippen molar-refractivity contribution in [2.75, 3.05) is 25.4 Å². The lowest BCUT2D eigenvalue weighted by atomic mass is 10.0. The Bertz CT molecular complexity index is 402. The van der Waals surface area contributed by atoms with Crippen LogP contribution in [0.5, 0.6) is 0 Å². The molecule has 17 heavy (non-hydrogen) atoms. The number of benzene rings is 1. The van der Waals surface area contributed by atoms with Gasteiger partial charge in [-0.2, -0.15) is 0 Å². The SMILES string of the molecule is OC1CN(CC2CSc3ccccc32)CC1O. The second-order valence-electron chi connectivity index (χ2n) is 4.90. The molecule has 0 radical (unpaired) electrons. The van der Waals surface area contributed by atoms with E-state index in [2.05, 4.69) is 29.2 Å². The van der Waals surface area contributed by atoms with Gasteiger partial charge in [0.2, 0.25) is 0 Å². The Morgan fingerprint density at radius 3 is 2.65 bits per heavy atom. The van der Waals surface area contributed by atoms with Crippen LogP contribution < -0.4 is 0 Å². The third-order valence-corrected chi connectivity index (χ3v) is 4.86. The fraction of sp³-hybridized carbons (Fsp3) is 0.538. The van der Waals surface area contributed by atoms with E-state index >= 15 is 0 Å². The highest BCUT2D eigenvalue weighted by Gasteiger charge is 2.32. The molecule has 0 saturated carbocycles. The summed E-state index contributed by atoms with van der Waals surface area (Å²) in [6.45, 7) is 2.15. The monoisotopic (exact) mass is 251 g/mol. The Kier molecular flexibility index (Phi) is 3.13. The first-order valence-corrected chi connectivity index (χ1v) is 7.03. The first-order chi connectivity index (χ1) is 8.24. The Morgan fingerprint density at radius 2 is 1.88 bits per heavy atom. The summed E-state index contributed by atoms with van der Waals surface area (Å²) in [6, 6.07) is 8.54. The lowest BCUT2D eigenvalue weighted by molar-refractivity contribution is 0.0572. The van der Waals surface area contributed by atoms with Gasteiger partial charge in [-0.15, -0.1) is 11.8 Å². The first kappa shape index (κ1) is 11.5. The molecular formula is C13H17NO2S. The number of fused-ring (bicyclic) bond motifs is 1. The Morgan fingerprint density at radius 1 is 1.18 bits per heavy atom. The van der Waals surface area contributed by atoms with E-state index in [9.17, 15) is 10.2 Å². The summed E-state index contributed by atoms with van der Waals surface area (Å²) in [6.07, 6.45) is -1.14. The summed E-state index contributed by atoms with van der Waals surface area (Å²) in [5.74, 6) is 1.65. The standard InChI is InChI=1S/C13H17NO2S/c15-11-6-14(7-12(11)16)5-9-8-17-13-4-2-1-3-10(9)13/h1-4,9,11-12,15-16H,5-8H2. The predicted molar refractivity (Wildman–Crippen MR) is 68.4 cm³/mol. The number of rotatable bonds is 2. The summed E-state index contributed by atoms with van der Waals surface area (Å²) in [5, 5.41) is 19.1. The lowest BCUT2D eigenvalue weighted by Gasteiger charge is -2.19. The van der Waals surface area contributed by atoms with Gasteiger partial charge in [0.15, 0.2) is 0 Å². The number of hydrogen-bond acceptors (Lipinski definition) is 4. The van der Waals surface area contributed by atoms with Crippen LogP contribution in [0.4, 0.5) is 0 Å². The number of aliphatic hydroxyl groups excluding tert-OH is 2. The summed E-state index contributed by atoms with van der Waals surface area (Å²) < 4.78 is 0. The molecule has 3 rings (SSSR count). The molecule has 3 nitrogen and oxygen atoms in total. The normalized spacial score (nSPS) is 32.9. The maximum Gasteiger partial charge on any atom is 0.0938 e. The smallest absolute Gasteiger partial charge is 0.0938 e. The molecule has 92 valence electrons. The molecular weight excluding hydrogens is 234 g/mol. The number of β-amino-alcohol motifs (C(OH)–C–C–N with tert-alkyl or cyclic N) is 2. The zero-order chi connectivity index (χ0) is 11.8. The maximum atomic E-state index is 9.54. The van der Waals surface area contributed by atoms with Gasteiger partial charge < -0.3 is 10.2 Å². The number of hydrogen-bond donors (Lipinski definition) is 2. The van der Waals surface area contributed by atoms with Gasteiger partial charge in [-0.25, -0.2) is 0 Å². The van der Waals surface area contributed by atoms with E-state index in [-0.39, 0.29) is 0 Å². The molecule has 2 N–H and O–H groups in total. The molecule has 0 aliphatic carbocycles. The summed E-state index contributed by atoms with van der Waals surface area (Å²) >= 11 is 1.91. The van der Waals surface area contributed by atoms with Crippen molar-refractivity contribution in [1.29, 1.82) is 0 Å². The molecule has 0 spiro atoms. The van der Waals surface area contributed by atoms with Crippen molar-refractivity contribution in [2.45, 2.75) is 23.0 Å². The summed E-state index contributed by atoms with van der Waals surface area (Å²) in [4.78, 5) is 3.56. The number of nitrogens with zero attached hydrogens (tertiary/aromatic N) is 1. The Hall–Kier alpha value is -0.550. The van der Waals surface area contributed by atoms with Crippen molar-refractivity contribution < 1.29 is 10.2 Å². The van der Waals surface area contributed by atoms with Crippen LogP contribution in [0.25, 0.3) is 0 Å². The molecule has 1 aromatic rings. The van der Waals surface area contributed by atoms with E-state index in [1.54, 1.807) is 0 Å². The fourth-order valence-electron chi connectivity index (χ4n) is 2.69. The maximum absolute atomic E-state index is 9.54. The molecule has 3 atom stereocenters. The highest BCUT2D eigenvalue weighted by Crippen LogP contribution is 2.39. The van der Waals surface area contributed by atoms with Gasteiger partial charge in [0.05, 0.1) is 12.2 Å². The average Bonchev–Trinajstić information content (AvgIpc) is 2.85. The van der Waals surface area contributed by atoms with E-state index < -0.39 is 12.2 Å². The molecule has 1 fully saturated rings. The van der Waals surface area contributed by atoms with Gasteiger partial charge in [-0.05, 0) is 11.6 Å². The minimum atomic E-state index is -0.570. The van der Waals surface area contributed by atoms with Gasteiger partial charge in [0.25, 0.3) is 0 Å². The average molecular weight is 251 g/mol. The molecule has 1 saturated heterocycles. The molecule has 1 aromatic carbocycles. The molecule has 2 heterocycles. The van der Waals surface area contributed by atoms with E-state index in [4.69, 9.17) is 0 Å². The minimum absolute atomic E-state index is 0.536. The first-order valence-electron chi connectivity index (χ1n) is 6.04. The van der Waals surface area contributed by atoms with E-state index in [1.165, 1.54) is 10.5 Å². The van der Waals surface area contributed by atoms with Crippen LogP contribution in [0.2, 0.25) is 0 Å². The van der Waals surface area contributed by atoms with Crippen molar-refractivity contribution in [2.24, 2.45) is 0 Å². The van der Waals surface area contributed by atoms with Crippen LogP contribution in [-0.4, -0.2) is 52.7 Å². The molecule has 3 unspecified atom stereocenters. The quantitative estimate of drug-likeness (QED) is 0.820. The van der Waals surface area contributed by atoms with Gasteiger partial charge in [0.1, 0.15) is 0 Å². The van der Waals surface area contributed by atoms with Crippen LogP contribution in [0, 0.1) is 0 Å². The lowest BCUT2D eigenvalue weighted by Crippen LogP contribution is -2.27. The largest absolute Gasteiger partial charge is 0.389 e. The van der Waals surface area contributed by atoms with Crippen LogP contribution >= 0.6 is 11.8 Å². The van der Waals surface area contributed by atoms with Crippen LogP contribution in [0.3, 0.4) is 0 Å². The molecule has 0 bridgehead atoms. The van der Waals surface area contributed by atoms with Crippen LogP contribution in [0.1, 0.15) is 11.5 Å². The number of thioether (sulfide) groups is 1. The zero-order valence-corrected chi connectivity index (χ0v) is 10.4. The second kappa shape index (κ2) is 4.61. The molecule has 0 aromatic heterocycles. The molecule has 4 heteroatoms. The highest BCUT2D eigenvalue weighted by atomic mass is 32.2. The van der Waals surface area contributed by atoms with Crippen molar-refractivity contribution in [1.82, 2.24) is 4.90 Å². The van der Waals surface area contributed by atoms with E-state index in [0.717, 1.165) is 12.3 Å². The van der Waals surface area contributed by atoms with E-state index in [1.807, 2.05) is 11.8 Å². The van der Waals surface area contributed by atoms with Crippen LogP contribution in [-0.2, 0) is 0 Å². The zero-order valence-electron chi connectivity index (χ0n) is 9.62. The highest BCUT2D eigenvalue weighted by molar-refractivity contribution is 7.99. The third-order valence-electron chi connectivity index (χ3n) is 3.61. The fourth-order valence-corrected chi connectivity index (χ4v) is 3.93. The summed E-state index contributed by atoms with van der Waals surface area (Å²) in [5.41, 5.74) is 1.42. The van der Waals surface area contributed by atoms with Gasteiger partial charge in [-0.1, -0.05) is 18.2 Å². The Balaban J connectivity index is 1.68. The van der Waals surface area contributed by atoms with Crippen molar-refractivity contribution in [3.8, 4) is 0 Å². The van der Waals surface area contributed by atoms with Crippen molar-refractivity contribution in [3.05, 3.63) is 29.8 Å². The number of likely N-dealkylation sites (tertiary alicyclic amines) is 1. The number of aliphatic hydroxyl groups is 2. The Labute approximate surface area is 105 Å². The van der Waals surface area contributed by atoms with Crippen molar-refractivity contribution >= 4 is 11.8 Å². The van der Waals surface area contributed by atoms with Gasteiger partial charge >= 0.3 is 0 Å². The molecule has 0 amide bonds. The predicted octanol–water partition coefficient (Wildman–Crippen LogP) is 0.913. The summed E-state index contributed by atoms with van der Waals surface area (Å²) in [7, 11) is 0. The molecule has 2 aliphatic heterocycles. The van der Waals surface area contributed by atoms with Crippen molar-refractivity contribution in [3.63, 3.8) is 0 Å².